The fourth-order valence-corrected chi connectivity index (χ4v) is 7.35. The molecule has 1 atom stereocenters. The Morgan fingerprint density at radius 1 is 1.09 bits per heavy atom. The lowest BCUT2D eigenvalue weighted by molar-refractivity contribution is 0.0730. The largest absolute Gasteiger partial charge is 0.379 e. The van der Waals surface area contributed by atoms with Crippen molar-refractivity contribution < 1.29 is 13.2 Å². The molecule has 1 saturated heterocycles. The first-order valence-electron chi connectivity index (χ1n) is 11.5. The lowest BCUT2D eigenvalue weighted by atomic mass is 9.89. The fraction of sp³-hybridized carbons (Fsp3) is 0.417. The van der Waals surface area contributed by atoms with Gasteiger partial charge in [-0.15, -0.1) is 22.7 Å². The molecular formula is C24H28N4O3S3. The summed E-state index contributed by atoms with van der Waals surface area (Å²) in [5, 5.41) is 9.20. The molecule has 2 aromatic heterocycles. The monoisotopic (exact) mass is 516 g/mol. The molecule has 1 aromatic carbocycles. The van der Waals surface area contributed by atoms with E-state index in [-0.39, 0.29) is 4.90 Å². The zero-order chi connectivity index (χ0) is 23.5. The minimum absolute atomic E-state index is 0.281. The van der Waals surface area contributed by atoms with Crippen molar-refractivity contribution in [3.63, 3.8) is 0 Å². The standard InChI is InChI=1S/C24H28N4O3S3/c1-18-4-2-5-20(16-18)26-28-22(23-6-3-15-32-23)17-33-24(28)25-19-7-9-21(10-8-19)34(29,30)27-11-13-31-14-12-27/h3,6-10,15,17-18H,2,4-5,11-14,16H2,1H3. The first-order chi connectivity index (χ1) is 16.5. The third kappa shape index (κ3) is 5.11. The molecular weight excluding hydrogens is 488 g/mol. The predicted octanol–water partition coefficient (Wildman–Crippen LogP) is 4.95. The van der Waals surface area contributed by atoms with Gasteiger partial charge in [0.15, 0.2) is 0 Å². The summed E-state index contributed by atoms with van der Waals surface area (Å²) in [5.41, 5.74) is 2.95. The number of nitrogens with zero attached hydrogens (tertiary/aromatic N) is 4. The van der Waals surface area contributed by atoms with Gasteiger partial charge in [-0.05, 0) is 67.3 Å². The number of hydrogen-bond acceptors (Lipinski definition) is 7. The molecule has 3 aromatic rings. The topological polar surface area (TPSA) is 76.3 Å². The van der Waals surface area contributed by atoms with Crippen LogP contribution in [0.1, 0.15) is 32.6 Å². The van der Waals surface area contributed by atoms with Crippen LogP contribution in [0.15, 0.2) is 62.1 Å². The van der Waals surface area contributed by atoms with Crippen LogP contribution in [0.2, 0.25) is 0 Å². The molecule has 5 rings (SSSR count). The molecule has 1 aliphatic carbocycles. The second kappa shape index (κ2) is 10.2. The number of rotatable bonds is 5. The van der Waals surface area contributed by atoms with E-state index in [9.17, 15) is 8.42 Å². The summed E-state index contributed by atoms with van der Waals surface area (Å²) in [7, 11) is -3.52. The molecule has 3 heterocycles. The van der Waals surface area contributed by atoms with Crippen molar-refractivity contribution in [2.24, 2.45) is 16.0 Å². The maximum atomic E-state index is 12.9. The summed E-state index contributed by atoms with van der Waals surface area (Å²) in [6.07, 6.45) is 4.46. The van der Waals surface area contributed by atoms with Gasteiger partial charge in [0.2, 0.25) is 14.8 Å². The second-order valence-electron chi connectivity index (χ2n) is 8.68. The average Bonchev–Trinajstić information content (AvgIpc) is 3.51. The van der Waals surface area contributed by atoms with Crippen LogP contribution in [-0.2, 0) is 14.8 Å². The van der Waals surface area contributed by atoms with Crippen LogP contribution >= 0.6 is 22.7 Å². The number of aromatic nitrogens is 1. The SMILES string of the molecule is CC1CCCC(=Nn2c(-c3cccs3)csc2=Nc2ccc(S(=O)(=O)N3CCOCC3)cc2)C1. The molecule has 1 saturated carbocycles. The smallest absolute Gasteiger partial charge is 0.243 e. The number of morpholine rings is 1. The molecule has 0 spiro atoms. The van der Waals surface area contributed by atoms with Crippen LogP contribution in [0, 0.1) is 5.92 Å². The molecule has 0 N–H and O–H groups in total. The van der Waals surface area contributed by atoms with Gasteiger partial charge in [-0.3, -0.25) is 0 Å². The van der Waals surface area contributed by atoms with Gasteiger partial charge in [0.05, 0.1) is 34.4 Å². The molecule has 2 aliphatic rings. The van der Waals surface area contributed by atoms with Crippen molar-refractivity contribution in [3.8, 4) is 10.6 Å². The zero-order valence-electron chi connectivity index (χ0n) is 19.1. The highest BCUT2D eigenvalue weighted by Crippen LogP contribution is 2.27. The second-order valence-corrected chi connectivity index (χ2v) is 12.4. The summed E-state index contributed by atoms with van der Waals surface area (Å²) >= 11 is 3.23. The Kier molecular flexibility index (Phi) is 7.12. The number of ether oxygens (including phenoxy) is 1. The van der Waals surface area contributed by atoms with Crippen molar-refractivity contribution in [2.45, 2.75) is 37.5 Å². The quantitative estimate of drug-likeness (QED) is 0.482. The molecule has 2 fully saturated rings. The summed E-state index contributed by atoms with van der Waals surface area (Å²) in [4.78, 5) is 7.05. The van der Waals surface area contributed by atoms with Gasteiger partial charge in [-0.25, -0.2) is 18.1 Å². The predicted molar refractivity (Wildman–Crippen MR) is 137 cm³/mol. The number of thiazole rings is 1. The van der Waals surface area contributed by atoms with E-state index in [0.717, 1.165) is 28.2 Å². The molecule has 0 amide bonds. The zero-order valence-corrected chi connectivity index (χ0v) is 21.5. The van der Waals surface area contributed by atoms with E-state index in [0.29, 0.717) is 37.9 Å². The van der Waals surface area contributed by atoms with E-state index < -0.39 is 10.0 Å². The van der Waals surface area contributed by atoms with Crippen molar-refractivity contribution in [1.82, 2.24) is 8.98 Å². The Morgan fingerprint density at radius 3 is 2.59 bits per heavy atom. The molecule has 0 radical (unpaired) electrons. The van der Waals surface area contributed by atoms with Crippen LogP contribution in [0.25, 0.3) is 10.6 Å². The van der Waals surface area contributed by atoms with E-state index in [4.69, 9.17) is 14.8 Å². The van der Waals surface area contributed by atoms with Gasteiger partial charge in [0.1, 0.15) is 0 Å². The molecule has 7 nitrogen and oxygen atoms in total. The molecule has 1 aliphatic heterocycles. The summed E-state index contributed by atoms with van der Waals surface area (Å²) in [6, 6.07) is 10.9. The third-order valence-corrected chi connectivity index (χ3v) is 9.74. The average molecular weight is 517 g/mol. The highest BCUT2D eigenvalue weighted by Gasteiger charge is 2.26. The maximum absolute atomic E-state index is 12.9. The van der Waals surface area contributed by atoms with Gasteiger partial charge in [0.25, 0.3) is 0 Å². The molecule has 1 unspecified atom stereocenters. The summed E-state index contributed by atoms with van der Waals surface area (Å²) < 4.78 is 34.6. The van der Waals surface area contributed by atoms with Gasteiger partial charge in [-0.2, -0.15) is 9.41 Å². The Morgan fingerprint density at radius 2 is 1.88 bits per heavy atom. The normalized spacial score (nSPS) is 21.9. The minimum atomic E-state index is -3.52. The highest BCUT2D eigenvalue weighted by molar-refractivity contribution is 7.89. The number of sulfonamides is 1. The number of benzene rings is 1. The Labute approximate surface area is 208 Å². The molecule has 34 heavy (non-hydrogen) atoms. The Bertz CT molecular complexity index is 1320. The van der Waals surface area contributed by atoms with Gasteiger partial charge >= 0.3 is 0 Å². The van der Waals surface area contributed by atoms with Crippen LogP contribution in [0.5, 0.6) is 0 Å². The van der Waals surface area contributed by atoms with Gasteiger partial charge in [0, 0.05) is 24.2 Å². The van der Waals surface area contributed by atoms with Crippen LogP contribution < -0.4 is 4.80 Å². The first kappa shape index (κ1) is 23.6. The molecule has 10 heteroatoms. The molecule has 0 bridgehead atoms. The summed E-state index contributed by atoms with van der Waals surface area (Å²) in [6.45, 7) is 3.91. The van der Waals surface area contributed by atoms with E-state index >= 15 is 0 Å². The van der Waals surface area contributed by atoms with Crippen molar-refractivity contribution in [2.75, 3.05) is 26.3 Å². The van der Waals surface area contributed by atoms with E-state index in [2.05, 4.69) is 23.8 Å². The van der Waals surface area contributed by atoms with Crippen molar-refractivity contribution >= 4 is 44.1 Å². The summed E-state index contributed by atoms with van der Waals surface area (Å²) in [5.74, 6) is 0.651. The number of thiophene rings is 1. The first-order valence-corrected chi connectivity index (χ1v) is 14.7. The lowest BCUT2D eigenvalue weighted by Gasteiger charge is -2.26. The fourth-order valence-electron chi connectivity index (χ4n) is 4.30. The Balaban J connectivity index is 1.49. The third-order valence-electron chi connectivity index (χ3n) is 6.12. The van der Waals surface area contributed by atoms with E-state index in [1.165, 1.54) is 22.9 Å². The van der Waals surface area contributed by atoms with Crippen molar-refractivity contribution in [1.29, 1.82) is 0 Å². The van der Waals surface area contributed by atoms with Crippen LogP contribution in [-0.4, -0.2) is 49.4 Å². The Hall–Kier alpha value is -2.11. The minimum Gasteiger partial charge on any atom is -0.379 e. The van der Waals surface area contributed by atoms with Crippen LogP contribution in [0.3, 0.4) is 0 Å². The molecule has 180 valence electrons. The van der Waals surface area contributed by atoms with Gasteiger partial charge < -0.3 is 4.74 Å². The van der Waals surface area contributed by atoms with Crippen molar-refractivity contribution in [3.05, 3.63) is 52.0 Å². The van der Waals surface area contributed by atoms with Gasteiger partial charge in [-0.1, -0.05) is 13.0 Å². The van der Waals surface area contributed by atoms with E-state index in [1.807, 2.05) is 10.7 Å². The van der Waals surface area contributed by atoms with E-state index in [1.54, 1.807) is 46.9 Å². The lowest BCUT2D eigenvalue weighted by Crippen LogP contribution is -2.40. The number of hydrogen-bond donors (Lipinski definition) is 0. The maximum Gasteiger partial charge on any atom is 0.243 e. The van der Waals surface area contributed by atoms with Crippen LogP contribution in [0.4, 0.5) is 5.69 Å². The highest BCUT2D eigenvalue weighted by atomic mass is 32.2.